The van der Waals surface area contributed by atoms with Gasteiger partial charge in [0.05, 0.1) is 6.33 Å². The highest BCUT2D eigenvalue weighted by Gasteiger charge is 2.13. The maximum Gasteiger partial charge on any atom is 0.280 e. The van der Waals surface area contributed by atoms with E-state index in [0.717, 1.165) is 5.56 Å². The summed E-state index contributed by atoms with van der Waals surface area (Å²) in [7, 11) is 1.34. The van der Waals surface area contributed by atoms with Crippen molar-refractivity contribution in [2.45, 2.75) is 11.6 Å². The topological polar surface area (TPSA) is 52.0 Å². The van der Waals surface area contributed by atoms with Crippen molar-refractivity contribution in [1.82, 2.24) is 9.55 Å². The minimum atomic E-state index is -3.80. The zero-order valence-corrected chi connectivity index (χ0v) is 10.1. The van der Waals surface area contributed by atoms with Gasteiger partial charge in [0, 0.05) is 23.4 Å². The predicted molar refractivity (Wildman–Crippen MR) is 60.8 cm³/mol. The summed E-state index contributed by atoms with van der Waals surface area (Å²) < 4.78 is 36.2. The first kappa shape index (κ1) is 12.1. The van der Waals surface area contributed by atoms with Crippen LogP contribution in [0.3, 0.4) is 0 Å². The molecule has 0 aliphatic heterocycles. The fourth-order valence-electron chi connectivity index (χ4n) is 1.35. The van der Waals surface area contributed by atoms with E-state index in [1.807, 2.05) is 0 Å². The smallest absolute Gasteiger partial charge is 0.280 e. The monoisotopic (exact) mass is 274 g/mol. The van der Waals surface area contributed by atoms with Gasteiger partial charge in [0.15, 0.2) is 5.03 Å². The van der Waals surface area contributed by atoms with Crippen molar-refractivity contribution in [2.24, 2.45) is 0 Å². The van der Waals surface area contributed by atoms with Crippen LogP contribution in [0.15, 0.2) is 41.8 Å². The molecule has 4 nitrogen and oxygen atoms in total. The van der Waals surface area contributed by atoms with E-state index >= 15 is 0 Å². The molecule has 0 spiro atoms. The van der Waals surface area contributed by atoms with Crippen LogP contribution in [0.5, 0.6) is 0 Å². The second-order valence-corrected chi connectivity index (χ2v) is 5.96. The molecule has 0 saturated carbocycles. The lowest BCUT2D eigenvalue weighted by Crippen LogP contribution is -1.96. The summed E-state index contributed by atoms with van der Waals surface area (Å²) in [6.45, 7) is 0.402. The second-order valence-electron chi connectivity index (χ2n) is 3.45. The zero-order valence-electron chi connectivity index (χ0n) is 8.55. The number of aromatic nitrogens is 2. The number of nitrogens with zero attached hydrogens (tertiary/aromatic N) is 2. The van der Waals surface area contributed by atoms with E-state index in [1.165, 1.54) is 24.7 Å². The number of rotatable bonds is 3. The van der Waals surface area contributed by atoms with Gasteiger partial charge in [-0.3, -0.25) is 0 Å². The summed E-state index contributed by atoms with van der Waals surface area (Å²) >= 11 is 0. The van der Waals surface area contributed by atoms with Gasteiger partial charge in [0.2, 0.25) is 0 Å². The van der Waals surface area contributed by atoms with Gasteiger partial charge < -0.3 is 4.57 Å². The van der Waals surface area contributed by atoms with Gasteiger partial charge in [-0.15, -0.1) is 0 Å². The van der Waals surface area contributed by atoms with Crippen molar-refractivity contribution >= 4 is 19.7 Å². The van der Waals surface area contributed by atoms with Gasteiger partial charge in [0.1, 0.15) is 5.82 Å². The molecule has 17 heavy (non-hydrogen) atoms. The molecule has 0 bridgehead atoms. The molecule has 0 saturated heterocycles. The molecule has 0 aliphatic carbocycles. The van der Waals surface area contributed by atoms with Crippen LogP contribution in [0.2, 0.25) is 0 Å². The maximum atomic E-state index is 12.7. The highest BCUT2D eigenvalue weighted by molar-refractivity contribution is 8.13. The molecule has 7 heteroatoms. The Balaban J connectivity index is 2.20. The molecular formula is C10H8ClFN2O2S. The standard InChI is InChI=1S/C10H8ClFN2O2S/c11-17(15,16)10-6-14(7-13-10)5-8-1-3-9(12)4-2-8/h1-4,6-7H,5H2. The Morgan fingerprint density at radius 3 is 2.47 bits per heavy atom. The molecule has 2 rings (SSSR count). The first-order valence-electron chi connectivity index (χ1n) is 4.66. The van der Waals surface area contributed by atoms with E-state index in [0.29, 0.717) is 6.54 Å². The summed E-state index contributed by atoms with van der Waals surface area (Å²) in [6, 6.07) is 5.91. The molecule has 0 unspecified atom stereocenters. The predicted octanol–water partition coefficient (Wildman–Crippen LogP) is 2.00. The van der Waals surface area contributed by atoms with Gasteiger partial charge in [-0.2, -0.15) is 0 Å². The number of benzene rings is 1. The van der Waals surface area contributed by atoms with E-state index < -0.39 is 9.05 Å². The number of hydrogen-bond acceptors (Lipinski definition) is 3. The Bertz CT molecular complexity index is 622. The van der Waals surface area contributed by atoms with Crippen LogP contribution in [0.4, 0.5) is 4.39 Å². The summed E-state index contributed by atoms with van der Waals surface area (Å²) in [5.41, 5.74) is 0.835. The maximum absolute atomic E-state index is 12.7. The van der Waals surface area contributed by atoms with Gasteiger partial charge >= 0.3 is 0 Å². The van der Waals surface area contributed by atoms with Crippen molar-refractivity contribution in [3.05, 3.63) is 48.2 Å². The Morgan fingerprint density at radius 1 is 1.29 bits per heavy atom. The lowest BCUT2D eigenvalue weighted by atomic mass is 10.2. The van der Waals surface area contributed by atoms with Gasteiger partial charge in [-0.1, -0.05) is 12.1 Å². The van der Waals surface area contributed by atoms with Gasteiger partial charge in [-0.25, -0.2) is 17.8 Å². The average Bonchev–Trinajstić information content (AvgIpc) is 2.69. The fourth-order valence-corrected chi connectivity index (χ4v) is 2.03. The molecule has 0 aliphatic rings. The van der Waals surface area contributed by atoms with Crippen molar-refractivity contribution in [2.75, 3.05) is 0 Å². The lowest BCUT2D eigenvalue weighted by molar-refractivity contribution is 0.606. The van der Waals surface area contributed by atoms with Crippen LogP contribution >= 0.6 is 10.7 Å². The second kappa shape index (κ2) is 4.46. The van der Waals surface area contributed by atoms with Crippen molar-refractivity contribution in [3.63, 3.8) is 0 Å². The summed E-state index contributed by atoms with van der Waals surface area (Å²) in [4.78, 5) is 3.67. The highest BCUT2D eigenvalue weighted by Crippen LogP contribution is 2.12. The molecule has 0 N–H and O–H groups in total. The summed E-state index contributed by atoms with van der Waals surface area (Å²) in [5, 5.41) is -0.193. The van der Waals surface area contributed by atoms with Crippen LogP contribution in [0.25, 0.3) is 0 Å². The van der Waals surface area contributed by atoms with E-state index in [2.05, 4.69) is 4.98 Å². The number of imidazole rings is 1. The SMILES string of the molecule is O=S(=O)(Cl)c1cn(Cc2ccc(F)cc2)cn1. The zero-order chi connectivity index (χ0) is 12.5. The minimum Gasteiger partial charge on any atom is -0.332 e. The molecular weight excluding hydrogens is 267 g/mol. The summed E-state index contributed by atoms with van der Waals surface area (Å²) in [6.07, 6.45) is 2.68. The Labute approximate surface area is 102 Å². The first-order valence-corrected chi connectivity index (χ1v) is 6.97. The largest absolute Gasteiger partial charge is 0.332 e. The Hall–Kier alpha value is -1.40. The molecule has 0 radical (unpaired) electrons. The third-order valence-corrected chi connectivity index (χ3v) is 3.32. The van der Waals surface area contributed by atoms with Crippen LogP contribution in [-0.2, 0) is 15.6 Å². The molecule has 2 aromatic rings. The third kappa shape index (κ3) is 3.04. The van der Waals surface area contributed by atoms with Crippen LogP contribution < -0.4 is 0 Å². The third-order valence-electron chi connectivity index (χ3n) is 2.14. The van der Waals surface area contributed by atoms with Crippen molar-refractivity contribution < 1.29 is 12.8 Å². The lowest BCUT2D eigenvalue weighted by Gasteiger charge is -2.01. The molecule has 0 atom stereocenters. The number of hydrogen-bond donors (Lipinski definition) is 0. The van der Waals surface area contributed by atoms with E-state index in [9.17, 15) is 12.8 Å². The molecule has 1 aromatic carbocycles. The Morgan fingerprint density at radius 2 is 1.94 bits per heavy atom. The normalized spacial score (nSPS) is 11.6. The average molecular weight is 275 g/mol. The molecule has 1 heterocycles. The first-order chi connectivity index (χ1) is 7.95. The van der Waals surface area contributed by atoms with Crippen molar-refractivity contribution in [3.8, 4) is 0 Å². The van der Waals surface area contributed by atoms with E-state index in [1.54, 1.807) is 16.7 Å². The molecule has 90 valence electrons. The van der Waals surface area contributed by atoms with Gasteiger partial charge in [0.25, 0.3) is 9.05 Å². The minimum absolute atomic E-state index is 0.193. The molecule has 1 aromatic heterocycles. The Kier molecular flexibility index (Phi) is 3.17. The van der Waals surface area contributed by atoms with Crippen molar-refractivity contribution in [1.29, 1.82) is 0 Å². The fraction of sp³-hybridized carbons (Fsp3) is 0.100. The summed E-state index contributed by atoms with van der Waals surface area (Å²) in [5.74, 6) is -0.316. The van der Waals surface area contributed by atoms with Crippen LogP contribution in [-0.4, -0.2) is 18.0 Å². The van der Waals surface area contributed by atoms with E-state index in [-0.39, 0.29) is 10.8 Å². The highest BCUT2D eigenvalue weighted by atomic mass is 35.7. The van der Waals surface area contributed by atoms with Crippen LogP contribution in [0.1, 0.15) is 5.56 Å². The van der Waals surface area contributed by atoms with Gasteiger partial charge in [-0.05, 0) is 17.7 Å². The molecule has 0 amide bonds. The number of halogens is 2. The quantitative estimate of drug-likeness (QED) is 0.805. The van der Waals surface area contributed by atoms with E-state index in [4.69, 9.17) is 10.7 Å². The van der Waals surface area contributed by atoms with Crippen LogP contribution in [0, 0.1) is 5.82 Å². The molecule has 0 fully saturated rings.